The van der Waals surface area contributed by atoms with Crippen LogP contribution in [0.15, 0.2) is 28.7 Å². The number of rotatable bonds is 6. The van der Waals surface area contributed by atoms with Crippen molar-refractivity contribution in [2.75, 3.05) is 25.5 Å². The van der Waals surface area contributed by atoms with Crippen LogP contribution in [0.5, 0.6) is 0 Å². The summed E-state index contributed by atoms with van der Waals surface area (Å²) in [4.78, 5) is 11.8. The first-order valence-electron chi connectivity index (χ1n) is 5.99. The highest BCUT2D eigenvalue weighted by Gasteiger charge is 2.12. The Bertz CT molecular complexity index is 598. The molecule has 0 aliphatic rings. The number of fused-ring (bicyclic) bond motifs is 1. The number of carbonyl (C=O) groups excluding carboxylic acids is 1. The molecule has 3 N–H and O–H groups in total. The second kappa shape index (κ2) is 6.33. The number of alkyl halides is 2. The molecule has 1 heterocycles. The molecule has 20 heavy (non-hydrogen) atoms. The number of benzene rings is 1. The summed E-state index contributed by atoms with van der Waals surface area (Å²) in [6.07, 6.45) is -2.51. The van der Waals surface area contributed by atoms with Crippen molar-refractivity contribution < 1.29 is 22.7 Å². The van der Waals surface area contributed by atoms with Crippen molar-refractivity contribution in [3.63, 3.8) is 0 Å². The summed E-state index contributed by atoms with van der Waals surface area (Å²) in [5.74, 6) is -0.292. The highest BCUT2D eigenvalue weighted by atomic mass is 19.3. The lowest BCUT2D eigenvalue weighted by Gasteiger charge is -2.04. The van der Waals surface area contributed by atoms with Gasteiger partial charge in [-0.3, -0.25) is 4.79 Å². The van der Waals surface area contributed by atoms with Crippen LogP contribution in [0.2, 0.25) is 0 Å². The maximum Gasteiger partial charge on any atom is 0.287 e. The number of nitrogen functional groups attached to an aromatic ring is 1. The van der Waals surface area contributed by atoms with Crippen LogP contribution in [0.3, 0.4) is 0 Å². The smallest absolute Gasteiger partial charge is 0.287 e. The number of hydrogen-bond acceptors (Lipinski definition) is 4. The number of nitrogens with one attached hydrogen (secondary N) is 1. The van der Waals surface area contributed by atoms with Crippen LogP contribution in [0.1, 0.15) is 10.6 Å². The van der Waals surface area contributed by atoms with Gasteiger partial charge in [0.05, 0.1) is 6.61 Å². The van der Waals surface area contributed by atoms with Crippen molar-refractivity contribution in [1.82, 2.24) is 5.32 Å². The number of carbonyl (C=O) groups is 1. The Morgan fingerprint density at radius 3 is 2.95 bits per heavy atom. The Balaban J connectivity index is 1.88. The van der Waals surface area contributed by atoms with Crippen molar-refractivity contribution in [3.05, 3.63) is 30.0 Å². The number of ether oxygens (including phenoxy) is 1. The lowest BCUT2D eigenvalue weighted by Crippen LogP contribution is -2.27. The minimum Gasteiger partial charge on any atom is -0.451 e. The first kappa shape index (κ1) is 14.3. The van der Waals surface area contributed by atoms with Gasteiger partial charge in [-0.1, -0.05) is 0 Å². The molecule has 1 aromatic carbocycles. The van der Waals surface area contributed by atoms with Gasteiger partial charge in [0.25, 0.3) is 12.3 Å². The predicted molar refractivity (Wildman–Crippen MR) is 69.8 cm³/mol. The van der Waals surface area contributed by atoms with Crippen LogP contribution in [0.4, 0.5) is 14.5 Å². The molecule has 5 nitrogen and oxygen atoms in total. The first-order chi connectivity index (χ1) is 9.56. The number of nitrogens with two attached hydrogens (primary N) is 1. The molecule has 7 heteroatoms. The van der Waals surface area contributed by atoms with E-state index in [9.17, 15) is 13.6 Å². The van der Waals surface area contributed by atoms with E-state index in [4.69, 9.17) is 10.2 Å². The summed E-state index contributed by atoms with van der Waals surface area (Å²) < 4.78 is 33.6. The van der Waals surface area contributed by atoms with E-state index < -0.39 is 18.9 Å². The summed E-state index contributed by atoms with van der Waals surface area (Å²) in [6, 6.07) is 6.61. The van der Waals surface area contributed by atoms with Gasteiger partial charge in [0, 0.05) is 17.6 Å². The number of anilines is 1. The summed E-state index contributed by atoms with van der Waals surface area (Å²) in [7, 11) is 0. The number of hydrogen-bond donors (Lipinski definition) is 2. The van der Waals surface area contributed by atoms with E-state index in [2.05, 4.69) is 10.1 Å². The summed E-state index contributed by atoms with van der Waals surface area (Å²) in [6.45, 7) is -0.492. The van der Waals surface area contributed by atoms with Gasteiger partial charge in [-0.25, -0.2) is 8.78 Å². The quantitative estimate of drug-likeness (QED) is 0.628. The molecule has 1 amide bonds. The second-order valence-corrected chi connectivity index (χ2v) is 4.13. The topological polar surface area (TPSA) is 77.5 Å². The van der Waals surface area contributed by atoms with E-state index in [-0.39, 0.29) is 18.9 Å². The normalized spacial score (nSPS) is 11.2. The van der Waals surface area contributed by atoms with Gasteiger partial charge in [-0.05, 0) is 24.3 Å². The average Bonchev–Trinajstić information content (AvgIpc) is 2.80. The van der Waals surface area contributed by atoms with E-state index in [0.29, 0.717) is 11.3 Å². The molecule has 108 valence electrons. The summed E-state index contributed by atoms with van der Waals surface area (Å²) in [5.41, 5.74) is 6.76. The maximum absolute atomic E-state index is 11.8. The molecular formula is C13H14F2N2O3. The van der Waals surface area contributed by atoms with Gasteiger partial charge in [0.1, 0.15) is 12.2 Å². The Labute approximate surface area is 113 Å². The lowest BCUT2D eigenvalue weighted by molar-refractivity contribution is 0.0187. The fourth-order valence-electron chi connectivity index (χ4n) is 1.67. The van der Waals surface area contributed by atoms with E-state index >= 15 is 0 Å². The summed E-state index contributed by atoms with van der Waals surface area (Å²) >= 11 is 0. The zero-order valence-corrected chi connectivity index (χ0v) is 10.6. The lowest BCUT2D eigenvalue weighted by atomic mass is 10.2. The van der Waals surface area contributed by atoms with Crippen molar-refractivity contribution >= 4 is 22.6 Å². The van der Waals surface area contributed by atoms with E-state index in [1.807, 2.05) is 0 Å². The minimum atomic E-state index is -2.51. The molecule has 0 aliphatic heterocycles. The molecule has 0 saturated carbocycles. The van der Waals surface area contributed by atoms with Crippen LogP contribution in [-0.4, -0.2) is 32.1 Å². The van der Waals surface area contributed by atoms with Crippen molar-refractivity contribution in [1.29, 1.82) is 0 Å². The highest BCUT2D eigenvalue weighted by molar-refractivity contribution is 5.96. The molecule has 0 unspecified atom stereocenters. The van der Waals surface area contributed by atoms with Gasteiger partial charge < -0.3 is 20.2 Å². The Morgan fingerprint density at radius 1 is 1.40 bits per heavy atom. The fourth-order valence-corrected chi connectivity index (χ4v) is 1.67. The molecule has 0 saturated heterocycles. The van der Waals surface area contributed by atoms with Crippen LogP contribution in [0, 0.1) is 0 Å². The average molecular weight is 284 g/mol. The van der Waals surface area contributed by atoms with Gasteiger partial charge in [0.15, 0.2) is 5.76 Å². The third kappa shape index (κ3) is 3.67. The minimum absolute atomic E-state index is 0.0171. The van der Waals surface area contributed by atoms with E-state index in [1.54, 1.807) is 24.3 Å². The number of furan rings is 1. The molecule has 0 bridgehead atoms. The third-order valence-corrected chi connectivity index (χ3v) is 2.54. The van der Waals surface area contributed by atoms with Crippen LogP contribution in [0.25, 0.3) is 11.0 Å². The number of amides is 1. The number of halogens is 2. The van der Waals surface area contributed by atoms with Gasteiger partial charge >= 0.3 is 0 Å². The molecule has 0 atom stereocenters. The molecule has 0 fully saturated rings. The SMILES string of the molecule is Nc1ccc2oc(C(=O)NCCOCC(F)F)cc2c1. The Morgan fingerprint density at radius 2 is 2.20 bits per heavy atom. The molecule has 2 rings (SSSR count). The zero-order valence-electron chi connectivity index (χ0n) is 10.6. The second-order valence-electron chi connectivity index (χ2n) is 4.13. The largest absolute Gasteiger partial charge is 0.451 e. The molecule has 2 aromatic rings. The van der Waals surface area contributed by atoms with Crippen molar-refractivity contribution in [2.45, 2.75) is 6.43 Å². The first-order valence-corrected chi connectivity index (χ1v) is 5.99. The van der Waals surface area contributed by atoms with Crippen LogP contribution < -0.4 is 11.1 Å². The standard InChI is InChI=1S/C13H14F2N2O3/c14-12(15)7-19-4-3-17-13(18)11-6-8-5-9(16)1-2-10(8)20-11/h1-2,5-6,12H,3-4,7,16H2,(H,17,18). The zero-order chi connectivity index (χ0) is 14.5. The molecule has 0 radical (unpaired) electrons. The van der Waals surface area contributed by atoms with Crippen LogP contribution >= 0.6 is 0 Å². The molecule has 0 spiro atoms. The Hall–Kier alpha value is -2.15. The molecule has 0 aliphatic carbocycles. The highest BCUT2D eigenvalue weighted by Crippen LogP contribution is 2.21. The van der Waals surface area contributed by atoms with Gasteiger partial charge in [-0.2, -0.15) is 0 Å². The van der Waals surface area contributed by atoms with E-state index in [1.165, 1.54) is 0 Å². The Kier molecular flexibility index (Phi) is 4.52. The monoisotopic (exact) mass is 284 g/mol. The van der Waals surface area contributed by atoms with Crippen LogP contribution in [-0.2, 0) is 4.74 Å². The van der Waals surface area contributed by atoms with Crippen molar-refractivity contribution in [3.8, 4) is 0 Å². The molecular weight excluding hydrogens is 270 g/mol. The fraction of sp³-hybridized carbons (Fsp3) is 0.308. The summed E-state index contributed by atoms with van der Waals surface area (Å²) in [5, 5.41) is 3.24. The van der Waals surface area contributed by atoms with Gasteiger partial charge in [-0.15, -0.1) is 0 Å². The van der Waals surface area contributed by atoms with E-state index in [0.717, 1.165) is 5.39 Å². The van der Waals surface area contributed by atoms with Gasteiger partial charge in [0.2, 0.25) is 0 Å². The van der Waals surface area contributed by atoms with Crippen molar-refractivity contribution in [2.24, 2.45) is 0 Å². The molecule has 1 aromatic heterocycles. The predicted octanol–water partition coefficient (Wildman–Crippen LogP) is 2.03. The maximum atomic E-state index is 11.8. The third-order valence-electron chi connectivity index (χ3n) is 2.54.